The van der Waals surface area contributed by atoms with Gasteiger partial charge in [-0.15, -0.1) is 0 Å². The number of rotatable bonds is 4. The Labute approximate surface area is 116 Å². The molecule has 6 heteroatoms. The van der Waals surface area contributed by atoms with Gasteiger partial charge in [0.05, 0.1) is 18.2 Å². The van der Waals surface area contributed by atoms with Crippen molar-refractivity contribution in [2.75, 3.05) is 18.2 Å². The Morgan fingerprint density at radius 2 is 2.25 bits per heavy atom. The number of nitrogens with zero attached hydrogens (tertiary/aromatic N) is 1. The number of nitrogens with two attached hydrogens (primary N) is 1. The predicted molar refractivity (Wildman–Crippen MR) is 77.6 cm³/mol. The van der Waals surface area contributed by atoms with Crippen molar-refractivity contribution >= 4 is 29.4 Å². The van der Waals surface area contributed by atoms with E-state index >= 15 is 0 Å². The quantitative estimate of drug-likeness (QED) is 0.584. The minimum absolute atomic E-state index is 0.415. The molecule has 0 saturated heterocycles. The summed E-state index contributed by atoms with van der Waals surface area (Å²) in [7, 11) is 1.33. The number of nitrogens with one attached hydrogen (secondary N) is 2. The normalized spacial score (nSPS) is 9.85. The zero-order valence-corrected chi connectivity index (χ0v) is 10.9. The van der Waals surface area contributed by atoms with Crippen LogP contribution in [0.5, 0.6) is 0 Å². The second kappa shape index (κ2) is 5.83. The molecule has 0 aliphatic rings. The van der Waals surface area contributed by atoms with Crippen LogP contribution in [0.25, 0.3) is 0 Å². The van der Waals surface area contributed by atoms with E-state index in [0.29, 0.717) is 28.3 Å². The zero-order valence-electron chi connectivity index (χ0n) is 10.9. The maximum atomic E-state index is 11.5. The van der Waals surface area contributed by atoms with Gasteiger partial charge in [0.15, 0.2) is 0 Å². The predicted octanol–water partition coefficient (Wildman–Crippen LogP) is 2.19. The second-order valence-electron chi connectivity index (χ2n) is 4.00. The summed E-state index contributed by atoms with van der Waals surface area (Å²) in [6.45, 7) is 0. The van der Waals surface area contributed by atoms with E-state index < -0.39 is 5.97 Å². The summed E-state index contributed by atoms with van der Waals surface area (Å²) in [6.07, 6.45) is 2.68. The van der Waals surface area contributed by atoms with Gasteiger partial charge in [-0.1, -0.05) is 6.07 Å². The Kier molecular flexibility index (Phi) is 3.95. The molecule has 102 valence electrons. The van der Waals surface area contributed by atoms with Crippen LogP contribution in [0, 0.1) is 5.41 Å². The van der Waals surface area contributed by atoms with Crippen molar-refractivity contribution in [2.45, 2.75) is 0 Å². The molecule has 20 heavy (non-hydrogen) atoms. The van der Waals surface area contributed by atoms with E-state index in [4.69, 9.17) is 11.1 Å². The molecule has 0 atom stereocenters. The fourth-order valence-corrected chi connectivity index (χ4v) is 1.72. The third-order valence-corrected chi connectivity index (χ3v) is 2.71. The lowest BCUT2D eigenvalue weighted by atomic mass is 10.2. The summed E-state index contributed by atoms with van der Waals surface area (Å²) in [5.74, 6) is 0.0449. The minimum Gasteiger partial charge on any atom is -0.465 e. The Morgan fingerprint density at radius 3 is 2.95 bits per heavy atom. The van der Waals surface area contributed by atoms with Crippen molar-refractivity contribution in [1.82, 2.24) is 4.98 Å². The van der Waals surface area contributed by atoms with Crippen LogP contribution < -0.4 is 11.1 Å². The molecule has 0 amide bonds. The van der Waals surface area contributed by atoms with E-state index in [1.54, 1.807) is 36.5 Å². The van der Waals surface area contributed by atoms with Crippen LogP contribution in [0.15, 0.2) is 36.5 Å². The smallest absolute Gasteiger partial charge is 0.337 e. The van der Waals surface area contributed by atoms with Crippen molar-refractivity contribution in [1.29, 1.82) is 5.41 Å². The standard InChI is InChI=1S/C14H14N4O2/c1-20-14(19)9-3-2-4-10(7-9)18-13-11(8-15)12(16)5-6-17-13/h2-8,15H,1H3,(H3,16,17,18). The first kappa shape index (κ1) is 13.5. The molecule has 0 bridgehead atoms. The van der Waals surface area contributed by atoms with Crippen molar-refractivity contribution in [3.63, 3.8) is 0 Å². The van der Waals surface area contributed by atoms with Gasteiger partial charge in [0, 0.05) is 23.8 Å². The average molecular weight is 270 g/mol. The Hall–Kier alpha value is -2.89. The summed E-state index contributed by atoms with van der Waals surface area (Å²) in [4.78, 5) is 15.6. The average Bonchev–Trinajstić information content (AvgIpc) is 2.47. The van der Waals surface area contributed by atoms with Gasteiger partial charge in [-0.05, 0) is 24.3 Å². The number of ether oxygens (including phenoxy) is 1. The Morgan fingerprint density at radius 1 is 1.45 bits per heavy atom. The molecule has 1 aromatic heterocycles. The van der Waals surface area contributed by atoms with Crippen LogP contribution in [-0.2, 0) is 4.74 Å². The summed E-state index contributed by atoms with van der Waals surface area (Å²) < 4.78 is 4.67. The molecule has 0 aliphatic heterocycles. The summed E-state index contributed by atoms with van der Waals surface area (Å²) in [5.41, 5.74) is 7.83. The van der Waals surface area contributed by atoms with E-state index in [1.807, 2.05) is 0 Å². The molecule has 2 rings (SSSR count). The Balaban J connectivity index is 2.33. The number of carbonyl (C=O) groups is 1. The topological polar surface area (TPSA) is 101 Å². The number of esters is 1. The minimum atomic E-state index is -0.415. The number of benzene rings is 1. The van der Waals surface area contributed by atoms with Gasteiger partial charge in [0.2, 0.25) is 0 Å². The van der Waals surface area contributed by atoms with Gasteiger partial charge in [-0.3, -0.25) is 0 Å². The van der Waals surface area contributed by atoms with Crippen LogP contribution in [0.2, 0.25) is 0 Å². The zero-order chi connectivity index (χ0) is 14.5. The van der Waals surface area contributed by atoms with Crippen molar-refractivity contribution < 1.29 is 9.53 Å². The molecule has 0 spiro atoms. The SMILES string of the molecule is COC(=O)c1cccc(Nc2nccc(N)c2C=N)c1. The fraction of sp³-hybridized carbons (Fsp3) is 0.0714. The van der Waals surface area contributed by atoms with Gasteiger partial charge < -0.3 is 21.2 Å². The van der Waals surface area contributed by atoms with Gasteiger partial charge in [-0.25, -0.2) is 9.78 Å². The first-order valence-corrected chi connectivity index (χ1v) is 5.86. The number of pyridine rings is 1. The summed E-state index contributed by atoms with van der Waals surface area (Å²) >= 11 is 0. The number of nitrogen functional groups attached to an aromatic ring is 1. The molecule has 6 nitrogen and oxygen atoms in total. The molecule has 0 aliphatic carbocycles. The van der Waals surface area contributed by atoms with Crippen LogP contribution in [0.3, 0.4) is 0 Å². The number of methoxy groups -OCH3 is 1. The van der Waals surface area contributed by atoms with E-state index in [2.05, 4.69) is 15.0 Å². The second-order valence-corrected chi connectivity index (χ2v) is 4.00. The molecular formula is C14H14N4O2. The highest BCUT2D eigenvalue weighted by atomic mass is 16.5. The van der Waals surface area contributed by atoms with Gasteiger partial charge in [-0.2, -0.15) is 0 Å². The Bertz CT molecular complexity index is 655. The van der Waals surface area contributed by atoms with E-state index in [1.165, 1.54) is 7.11 Å². The van der Waals surface area contributed by atoms with Gasteiger partial charge in [0.25, 0.3) is 0 Å². The van der Waals surface area contributed by atoms with Gasteiger partial charge in [0.1, 0.15) is 5.82 Å². The molecule has 2 aromatic rings. The molecule has 0 fully saturated rings. The number of anilines is 3. The number of carbonyl (C=O) groups excluding carboxylic acids is 1. The van der Waals surface area contributed by atoms with Crippen LogP contribution in [0.4, 0.5) is 17.2 Å². The molecule has 1 heterocycles. The van der Waals surface area contributed by atoms with Crippen LogP contribution in [-0.4, -0.2) is 24.3 Å². The highest BCUT2D eigenvalue weighted by molar-refractivity contribution is 5.93. The maximum Gasteiger partial charge on any atom is 0.337 e. The first-order valence-electron chi connectivity index (χ1n) is 5.86. The van der Waals surface area contributed by atoms with Crippen LogP contribution in [0.1, 0.15) is 15.9 Å². The van der Waals surface area contributed by atoms with Gasteiger partial charge >= 0.3 is 5.97 Å². The summed E-state index contributed by atoms with van der Waals surface area (Å²) in [6, 6.07) is 8.43. The maximum absolute atomic E-state index is 11.5. The van der Waals surface area contributed by atoms with E-state index in [-0.39, 0.29) is 0 Å². The molecule has 4 N–H and O–H groups in total. The third-order valence-electron chi connectivity index (χ3n) is 2.71. The number of hydrogen-bond acceptors (Lipinski definition) is 6. The van der Waals surface area contributed by atoms with E-state index in [0.717, 1.165) is 6.21 Å². The lowest BCUT2D eigenvalue weighted by Gasteiger charge is -2.10. The monoisotopic (exact) mass is 270 g/mol. The molecule has 0 unspecified atom stereocenters. The molecule has 1 aromatic carbocycles. The first-order chi connectivity index (χ1) is 9.65. The third kappa shape index (κ3) is 2.74. The number of aromatic nitrogens is 1. The van der Waals surface area contributed by atoms with Crippen molar-refractivity contribution in [3.8, 4) is 0 Å². The largest absolute Gasteiger partial charge is 0.465 e. The lowest BCUT2D eigenvalue weighted by Crippen LogP contribution is -2.04. The van der Waals surface area contributed by atoms with Crippen LogP contribution >= 0.6 is 0 Å². The van der Waals surface area contributed by atoms with Crippen molar-refractivity contribution in [2.24, 2.45) is 0 Å². The number of hydrogen-bond donors (Lipinski definition) is 3. The highest BCUT2D eigenvalue weighted by Crippen LogP contribution is 2.22. The molecule has 0 saturated carbocycles. The van der Waals surface area contributed by atoms with Crippen molar-refractivity contribution in [3.05, 3.63) is 47.7 Å². The van der Waals surface area contributed by atoms with E-state index in [9.17, 15) is 4.79 Å². The molecule has 0 radical (unpaired) electrons. The summed E-state index contributed by atoms with van der Waals surface area (Å²) in [5, 5.41) is 10.4. The fourth-order valence-electron chi connectivity index (χ4n) is 1.72. The highest BCUT2D eigenvalue weighted by Gasteiger charge is 2.08. The lowest BCUT2D eigenvalue weighted by molar-refractivity contribution is 0.0601. The molecular weight excluding hydrogens is 256 g/mol.